The number of phenols is 1. The number of rotatable bonds is 5. The Morgan fingerprint density at radius 2 is 1.62 bits per heavy atom. The number of nitrogens with zero attached hydrogens (tertiary/aromatic N) is 1. The van der Waals surface area contributed by atoms with E-state index in [1.54, 1.807) is 12.1 Å². The Morgan fingerprint density at radius 1 is 1.10 bits per heavy atom. The summed E-state index contributed by atoms with van der Waals surface area (Å²) in [6.45, 7) is 2.47. The number of aromatic hydroxyl groups is 1. The third kappa shape index (κ3) is 4.22. The molecule has 0 fully saturated rings. The van der Waals surface area contributed by atoms with Gasteiger partial charge in [-0.15, -0.1) is 0 Å². The largest absolute Gasteiger partial charge is 0.508 e. The highest BCUT2D eigenvalue weighted by atomic mass is 35.5. The molecular weight excluding hydrogens is 284 g/mol. The minimum absolute atomic E-state index is 0.0429. The van der Waals surface area contributed by atoms with Crippen LogP contribution in [0.2, 0.25) is 5.02 Å². The van der Waals surface area contributed by atoms with Crippen molar-refractivity contribution in [2.24, 2.45) is 5.92 Å². The summed E-state index contributed by atoms with van der Waals surface area (Å²) < 4.78 is 0. The van der Waals surface area contributed by atoms with Gasteiger partial charge < -0.3 is 10.4 Å². The van der Waals surface area contributed by atoms with Crippen molar-refractivity contribution in [1.82, 2.24) is 5.32 Å². The molecule has 2 atom stereocenters. The number of halogens is 1. The topological polar surface area (TPSA) is 56.0 Å². The van der Waals surface area contributed by atoms with Gasteiger partial charge in [-0.05, 0) is 42.3 Å². The van der Waals surface area contributed by atoms with Crippen molar-refractivity contribution in [2.75, 3.05) is 6.54 Å². The highest BCUT2D eigenvalue weighted by Gasteiger charge is 2.14. The van der Waals surface area contributed by atoms with E-state index in [9.17, 15) is 5.11 Å². The van der Waals surface area contributed by atoms with Crippen LogP contribution in [-0.2, 0) is 0 Å². The zero-order chi connectivity index (χ0) is 15.2. The number of phenolic OH excluding ortho intramolecular Hbond substituents is 1. The normalized spacial score (nSPS) is 13.4. The zero-order valence-electron chi connectivity index (χ0n) is 11.8. The summed E-state index contributed by atoms with van der Waals surface area (Å²) in [7, 11) is 0. The van der Waals surface area contributed by atoms with E-state index in [1.165, 1.54) is 0 Å². The first-order valence-electron chi connectivity index (χ1n) is 6.77. The van der Waals surface area contributed by atoms with Crippen molar-refractivity contribution < 1.29 is 5.11 Å². The maximum Gasteiger partial charge on any atom is 0.115 e. The van der Waals surface area contributed by atoms with E-state index in [0.29, 0.717) is 11.6 Å². The fourth-order valence-electron chi connectivity index (χ4n) is 2.09. The number of nitrogens with one attached hydrogen (secondary N) is 1. The van der Waals surface area contributed by atoms with E-state index in [0.717, 1.165) is 11.1 Å². The molecule has 2 unspecified atom stereocenters. The summed E-state index contributed by atoms with van der Waals surface area (Å²) in [5.74, 6) is 0.163. The second-order valence-electron chi connectivity index (χ2n) is 5.01. The van der Waals surface area contributed by atoms with Gasteiger partial charge in [0, 0.05) is 11.6 Å². The highest BCUT2D eigenvalue weighted by molar-refractivity contribution is 6.30. The van der Waals surface area contributed by atoms with Gasteiger partial charge in [0.05, 0.1) is 18.0 Å². The van der Waals surface area contributed by atoms with Gasteiger partial charge in [-0.3, -0.25) is 0 Å². The molecule has 0 saturated heterocycles. The van der Waals surface area contributed by atoms with Gasteiger partial charge in [0.25, 0.3) is 0 Å². The summed E-state index contributed by atoms with van der Waals surface area (Å²) in [4.78, 5) is 0. The molecular formula is C17H17ClN2O. The van der Waals surface area contributed by atoms with Gasteiger partial charge in [0.1, 0.15) is 5.75 Å². The number of nitriles is 1. The Labute approximate surface area is 129 Å². The summed E-state index contributed by atoms with van der Waals surface area (Å²) in [6.07, 6.45) is 0. The molecule has 4 heteroatoms. The van der Waals surface area contributed by atoms with Gasteiger partial charge in [-0.1, -0.05) is 35.9 Å². The first-order valence-corrected chi connectivity index (χ1v) is 7.15. The van der Waals surface area contributed by atoms with Crippen LogP contribution in [0.15, 0.2) is 48.5 Å². The van der Waals surface area contributed by atoms with Crippen LogP contribution in [0.5, 0.6) is 5.75 Å². The molecule has 0 saturated carbocycles. The van der Waals surface area contributed by atoms with Crippen LogP contribution < -0.4 is 5.32 Å². The molecule has 0 aliphatic heterocycles. The number of benzene rings is 2. The van der Waals surface area contributed by atoms with E-state index in [-0.39, 0.29) is 17.7 Å². The molecule has 0 aromatic heterocycles. The van der Waals surface area contributed by atoms with Crippen molar-refractivity contribution in [3.63, 3.8) is 0 Å². The Balaban J connectivity index is 2.27. The van der Waals surface area contributed by atoms with Crippen LogP contribution in [0.3, 0.4) is 0 Å². The average Bonchev–Trinajstić information content (AvgIpc) is 2.50. The molecule has 0 spiro atoms. The SMILES string of the molecule is CC(C#N)CNC(c1ccc(O)cc1)c1ccc(Cl)cc1. The van der Waals surface area contributed by atoms with Crippen molar-refractivity contribution in [3.05, 3.63) is 64.7 Å². The van der Waals surface area contributed by atoms with Crippen molar-refractivity contribution >= 4 is 11.6 Å². The van der Waals surface area contributed by atoms with Crippen molar-refractivity contribution in [3.8, 4) is 11.8 Å². The van der Waals surface area contributed by atoms with Gasteiger partial charge in [0.15, 0.2) is 0 Å². The Hall–Kier alpha value is -2.02. The molecule has 2 N–H and O–H groups in total. The van der Waals surface area contributed by atoms with Crippen LogP contribution in [0.4, 0.5) is 0 Å². The molecule has 0 radical (unpaired) electrons. The third-order valence-electron chi connectivity index (χ3n) is 3.28. The molecule has 2 rings (SSSR count). The third-order valence-corrected chi connectivity index (χ3v) is 3.53. The monoisotopic (exact) mass is 300 g/mol. The second-order valence-corrected chi connectivity index (χ2v) is 5.45. The van der Waals surface area contributed by atoms with E-state index in [2.05, 4.69) is 11.4 Å². The van der Waals surface area contributed by atoms with E-state index in [4.69, 9.17) is 16.9 Å². The molecule has 108 valence electrons. The predicted molar refractivity (Wildman–Crippen MR) is 84.2 cm³/mol. The minimum Gasteiger partial charge on any atom is -0.508 e. The lowest BCUT2D eigenvalue weighted by Crippen LogP contribution is -2.26. The number of hydrogen-bond acceptors (Lipinski definition) is 3. The zero-order valence-corrected chi connectivity index (χ0v) is 12.5. The van der Waals surface area contributed by atoms with Gasteiger partial charge in [-0.2, -0.15) is 5.26 Å². The summed E-state index contributed by atoms with van der Waals surface area (Å²) in [5.41, 5.74) is 2.09. The quantitative estimate of drug-likeness (QED) is 0.881. The fourth-order valence-corrected chi connectivity index (χ4v) is 2.22. The Morgan fingerprint density at radius 3 is 2.14 bits per heavy atom. The second kappa shape index (κ2) is 7.12. The maximum absolute atomic E-state index is 9.42. The van der Waals surface area contributed by atoms with Gasteiger partial charge in [-0.25, -0.2) is 0 Å². The van der Waals surface area contributed by atoms with Crippen molar-refractivity contribution in [1.29, 1.82) is 5.26 Å². The summed E-state index contributed by atoms with van der Waals surface area (Å²) in [5, 5.41) is 22.4. The molecule has 0 heterocycles. The standard InChI is InChI=1S/C17H17ClN2O/c1-12(10-19)11-20-17(13-2-6-15(18)7-3-13)14-4-8-16(21)9-5-14/h2-9,12,17,20-21H,11H2,1H3. The summed E-state index contributed by atoms with van der Waals surface area (Å²) >= 11 is 5.94. The van der Waals surface area contributed by atoms with Gasteiger partial charge in [0.2, 0.25) is 0 Å². The van der Waals surface area contributed by atoms with E-state index in [1.807, 2.05) is 43.3 Å². The van der Waals surface area contributed by atoms with E-state index < -0.39 is 0 Å². The molecule has 2 aromatic carbocycles. The van der Waals surface area contributed by atoms with Crippen LogP contribution >= 0.6 is 11.6 Å². The average molecular weight is 301 g/mol. The fraction of sp³-hybridized carbons (Fsp3) is 0.235. The predicted octanol–water partition coefficient (Wildman–Crippen LogP) is 3.88. The lowest BCUT2D eigenvalue weighted by Gasteiger charge is -2.20. The summed E-state index contributed by atoms with van der Waals surface area (Å²) in [6, 6.07) is 16.9. The maximum atomic E-state index is 9.42. The Bertz CT molecular complexity index is 571. The smallest absolute Gasteiger partial charge is 0.115 e. The molecule has 0 bridgehead atoms. The van der Waals surface area contributed by atoms with Crippen molar-refractivity contribution in [2.45, 2.75) is 13.0 Å². The van der Waals surface area contributed by atoms with E-state index >= 15 is 0 Å². The van der Waals surface area contributed by atoms with Crippen LogP contribution in [-0.4, -0.2) is 11.7 Å². The number of hydrogen-bond donors (Lipinski definition) is 2. The van der Waals surface area contributed by atoms with Crippen LogP contribution in [0.25, 0.3) is 0 Å². The molecule has 0 aliphatic carbocycles. The lowest BCUT2D eigenvalue weighted by atomic mass is 9.98. The first kappa shape index (κ1) is 15.4. The first-order chi connectivity index (χ1) is 10.1. The molecule has 3 nitrogen and oxygen atoms in total. The van der Waals surface area contributed by atoms with Gasteiger partial charge >= 0.3 is 0 Å². The highest BCUT2D eigenvalue weighted by Crippen LogP contribution is 2.25. The minimum atomic E-state index is -0.0723. The molecule has 0 amide bonds. The molecule has 0 aliphatic rings. The van der Waals surface area contributed by atoms with Crippen LogP contribution in [0.1, 0.15) is 24.1 Å². The molecule has 2 aromatic rings. The van der Waals surface area contributed by atoms with Crippen LogP contribution in [0, 0.1) is 17.2 Å². The molecule has 21 heavy (non-hydrogen) atoms. The lowest BCUT2D eigenvalue weighted by molar-refractivity contribution is 0.474. The Kier molecular flexibility index (Phi) is 5.21.